The Morgan fingerprint density at radius 2 is 1.55 bits per heavy atom. The highest BCUT2D eigenvalue weighted by molar-refractivity contribution is 8.77. The highest BCUT2D eigenvalue weighted by Crippen LogP contribution is 2.35. The molecule has 0 saturated heterocycles. The molecule has 0 aromatic carbocycles. The van der Waals surface area contributed by atoms with E-state index in [0.717, 1.165) is 0 Å². The second-order valence-corrected chi connectivity index (χ2v) is 12.4. The Bertz CT molecular complexity index is 703. The molecule has 190 valence electrons. The summed E-state index contributed by atoms with van der Waals surface area (Å²) in [5.74, 6) is -2.42. The fourth-order valence-corrected chi connectivity index (χ4v) is 4.77. The summed E-state index contributed by atoms with van der Waals surface area (Å²) in [4.78, 5) is 60.1. The van der Waals surface area contributed by atoms with Crippen molar-refractivity contribution in [3.8, 4) is 0 Å². The van der Waals surface area contributed by atoms with Gasteiger partial charge < -0.3 is 25.4 Å². The molecule has 0 aliphatic carbocycles. The monoisotopic (exact) mass is 507 g/mol. The Hall–Kier alpha value is -1.95. The van der Waals surface area contributed by atoms with Gasteiger partial charge in [-0.05, 0) is 27.2 Å². The summed E-state index contributed by atoms with van der Waals surface area (Å²) in [6.45, 7) is 12.2. The first kappa shape index (κ1) is 31.0. The summed E-state index contributed by atoms with van der Waals surface area (Å²) in [6.07, 6.45) is -0.110. The van der Waals surface area contributed by atoms with Gasteiger partial charge in [-0.1, -0.05) is 42.4 Å². The molecule has 0 aliphatic rings. The van der Waals surface area contributed by atoms with Crippen molar-refractivity contribution in [2.75, 3.05) is 19.4 Å². The van der Waals surface area contributed by atoms with Gasteiger partial charge >= 0.3 is 11.9 Å². The average Bonchev–Trinajstić information content (AvgIpc) is 2.65. The smallest absolute Gasteiger partial charge is 0.328 e. The second kappa shape index (κ2) is 14.3. The van der Waals surface area contributed by atoms with Crippen LogP contribution < -0.4 is 16.0 Å². The van der Waals surface area contributed by atoms with Gasteiger partial charge in [-0.15, -0.1) is 0 Å². The number of hydrogen-bond donors (Lipinski definition) is 3. The van der Waals surface area contributed by atoms with Crippen LogP contribution in [-0.4, -0.2) is 71.5 Å². The van der Waals surface area contributed by atoms with E-state index in [1.807, 2.05) is 20.8 Å². The van der Waals surface area contributed by atoms with E-state index in [9.17, 15) is 24.0 Å². The number of esters is 2. The molecule has 0 rings (SSSR count). The van der Waals surface area contributed by atoms with Crippen LogP contribution in [0.25, 0.3) is 0 Å². The predicted molar refractivity (Wildman–Crippen MR) is 129 cm³/mol. The van der Waals surface area contributed by atoms with Crippen LogP contribution in [0.1, 0.15) is 61.3 Å². The lowest BCUT2D eigenvalue weighted by atomic mass is 10.1. The van der Waals surface area contributed by atoms with Crippen LogP contribution in [0.3, 0.4) is 0 Å². The lowest BCUT2D eigenvalue weighted by molar-refractivity contribution is -0.154. The maximum atomic E-state index is 12.7. The first-order valence-electron chi connectivity index (χ1n) is 10.5. The second-order valence-electron chi connectivity index (χ2n) is 9.22. The number of carbonyl (C=O) groups is 5. The van der Waals surface area contributed by atoms with E-state index in [2.05, 4.69) is 20.7 Å². The molecule has 0 aliphatic heterocycles. The Morgan fingerprint density at radius 1 is 0.939 bits per heavy atom. The zero-order chi connectivity index (χ0) is 25.8. The van der Waals surface area contributed by atoms with Gasteiger partial charge in [-0.25, -0.2) is 4.79 Å². The molecule has 3 N–H and O–H groups in total. The van der Waals surface area contributed by atoms with E-state index in [0.29, 0.717) is 0 Å². The maximum Gasteiger partial charge on any atom is 0.328 e. The first-order valence-corrected chi connectivity index (χ1v) is 12.8. The summed E-state index contributed by atoms with van der Waals surface area (Å²) >= 11 is 0. The third-order valence-corrected chi connectivity index (χ3v) is 6.89. The molecule has 0 radical (unpaired) electrons. The van der Waals surface area contributed by atoms with E-state index < -0.39 is 47.3 Å². The van der Waals surface area contributed by atoms with Gasteiger partial charge in [0.25, 0.3) is 0 Å². The van der Waals surface area contributed by atoms with Crippen molar-refractivity contribution in [3.05, 3.63) is 0 Å². The fraction of sp³-hybridized carbons (Fsp3) is 0.762. The van der Waals surface area contributed by atoms with Crippen LogP contribution in [0.15, 0.2) is 0 Å². The molecule has 0 aromatic heterocycles. The van der Waals surface area contributed by atoms with Crippen molar-refractivity contribution in [2.45, 2.75) is 83.7 Å². The third-order valence-electron chi connectivity index (χ3n) is 3.55. The minimum absolute atomic E-state index is 0.00815. The quantitative estimate of drug-likeness (QED) is 0.265. The van der Waals surface area contributed by atoms with Gasteiger partial charge in [0.05, 0.1) is 7.11 Å². The molecule has 0 unspecified atom stereocenters. The minimum Gasteiger partial charge on any atom is -0.467 e. The van der Waals surface area contributed by atoms with Gasteiger partial charge in [-0.2, -0.15) is 0 Å². The highest BCUT2D eigenvalue weighted by atomic mass is 33.1. The van der Waals surface area contributed by atoms with Gasteiger partial charge in [0, 0.05) is 23.8 Å². The number of methoxy groups -OCH3 is 1. The van der Waals surface area contributed by atoms with E-state index in [1.54, 1.807) is 31.6 Å². The van der Waals surface area contributed by atoms with Crippen LogP contribution in [0.5, 0.6) is 0 Å². The zero-order valence-corrected chi connectivity index (χ0v) is 22.3. The van der Waals surface area contributed by atoms with E-state index >= 15 is 0 Å². The predicted octanol–water partition coefficient (Wildman–Crippen LogP) is 1.57. The lowest BCUT2D eigenvalue weighted by Gasteiger charge is -2.22. The number of hydrogen-bond acceptors (Lipinski definition) is 9. The van der Waals surface area contributed by atoms with Gasteiger partial charge in [0.2, 0.25) is 17.7 Å². The highest BCUT2D eigenvalue weighted by Gasteiger charge is 2.26. The SMILES string of the molecule is COC(=O)[C@H](CCC(=O)N[C@@H](CSSC(C)(C)C)C(=O)NCC(=O)OC(C)(C)C)NC(C)=O. The molecule has 0 fully saturated rings. The van der Waals surface area contributed by atoms with Crippen LogP contribution in [0, 0.1) is 0 Å². The molecule has 3 amide bonds. The maximum absolute atomic E-state index is 12.7. The summed E-state index contributed by atoms with van der Waals surface area (Å²) in [5.41, 5.74) is -0.682. The van der Waals surface area contributed by atoms with Gasteiger partial charge in [0.15, 0.2) is 0 Å². The molecule has 12 heteroatoms. The van der Waals surface area contributed by atoms with E-state index in [-0.39, 0.29) is 29.9 Å². The van der Waals surface area contributed by atoms with E-state index in [4.69, 9.17) is 4.74 Å². The number of carbonyl (C=O) groups excluding carboxylic acids is 5. The van der Waals surface area contributed by atoms with Crippen molar-refractivity contribution in [1.29, 1.82) is 0 Å². The summed E-state index contributed by atoms with van der Waals surface area (Å²) < 4.78 is 9.76. The Morgan fingerprint density at radius 3 is 2.03 bits per heavy atom. The normalized spacial score (nSPS) is 13.3. The summed E-state index contributed by atoms with van der Waals surface area (Å²) in [6, 6.07) is -1.87. The largest absolute Gasteiger partial charge is 0.467 e. The Labute approximate surface area is 203 Å². The van der Waals surface area contributed by atoms with Crippen LogP contribution in [0.2, 0.25) is 0 Å². The van der Waals surface area contributed by atoms with Gasteiger partial charge in [0.1, 0.15) is 24.2 Å². The van der Waals surface area contributed by atoms with Crippen molar-refractivity contribution in [2.24, 2.45) is 0 Å². The van der Waals surface area contributed by atoms with Crippen molar-refractivity contribution in [3.63, 3.8) is 0 Å². The average molecular weight is 508 g/mol. The first-order chi connectivity index (χ1) is 15.0. The number of amides is 3. The number of nitrogens with one attached hydrogen (secondary N) is 3. The topological polar surface area (TPSA) is 140 Å². The van der Waals surface area contributed by atoms with Crippen LogP contribution >= 0.6 is 21.6 Å². The molecule has 2 atom stereocenters. The van der Waals surface area contributed by atoms with Crippen molar-refractivity contribution >= 4 is 51.2 Å². The fourth-order valence-electron chi connectivity index (χ4n) is 2.30. The van der Waals surface area contributed by atoms with Crippen molar-refractivity contribution in [1.82, 2.24) is 16.0 Å². The Balaban J connectivity index is 5.03. The van der Waals surface area contributed by atoms with Crippen LogP contribution in [0.4, 0.5) is 0 Å². The molecule has 0 aromatic rings. The molecular formula is C21H37N3O7S2. The molecule has 0 heterocycles. The van der Waals surface area contributed by atoms with Crippen LogP contribution in [-0.2, 0) is 33.4 Å². The summed E-state index contributed by atoms with van der Waals surface area (Å²) in [7, 11) is 4.16. The van der Waals surface area contributed by atoms with Crippen molar-refractivity contribution < 1.29 is 33.4 Å². The molecular weight excluding hydrogens is 470 g/mol. The lowest BCUT2D eigenvalue weighted by Crippen LogP contribution is -2.50. The Kier molecular flexibility index (Phi) is 13.5. The number of rotatable bonds is 12. The molecule has 0 saturated carbocycles. The molecule has 0 spiro atoms. The molecule has 33 heavy (non-hydrogen) atoms. The standard InChI is InChI=1S/C21H37N3O7S2/c1-13(25)23-14(19(29)30-8)9-10-16(26)24-15(12-32-33-21(5,6)7)18(28)22-11-17(27)31-20(2,3)4/h14-15H,9-12H2,1-8H3,(H,22,28)(H,23,25)(H,24,26)/t14-,15-/m0/s1. The zero-order valence-electron chi connectivity index (χ0n) is 20.7. The third kappa shape index (κ3) is 16.3. The van der Waals surface area contributed by atoms with E-state index in [1.165, 1.54) is 24.8 Å². The molecule has 0 bridgehead atoms. The van der Waals surface area contributed by atoms with Gasteiger partial charge in [-0.3, -0.25) is 19.2 Å². The number of ether oxygens (including phenoxy) is 2. The minimum atomic E-state index is -0.969. The molecule has 10 nitrogen and oxygen atoms in total. The summed E-state index contributed by atoms with van der Waals surface area (Å²) in [5, 5.41) is 7.57.